The molecule has 0 spiro atoms. The number of rotatable bonds is 5. The normalized spacial score (nSPS) is 11.4. The predicted octanol–water partition coefficient (Wildman–Crippen LogP) is 1.58. The molecule has 1 rings (SSSR count). The molecule has 0 fully saturated rings. The molecule has 94 valence electrons. The van der Waals surface area contributed by atoms with Crippen LogP contribution in [0.5, 0.6) is 0 Å². The molecule has 0 atom stereocenters. The molecule has 0 aliphatic heterocycles. The van der Waals surface area contributed by atoms with E-state index < -0.39 is 9.84 Å². The molecule has 0 saturated heterocycles. The fraction of sp³-hybridized carbons (Fsp3) is 0.417. The molecule has 0 aliphatic carbocycles. The highest BCUT2D eigenvalue weighted by Gasteiger charge is 2.09. The van der Waals surface area contributed by atoms with Gasteiger partial charge in [-0.3, -0.25) is 4.79 Å². The molecule has 4 nitrogen and oxygen atoms in total. The third kappa shape index (κ3) is 4.56. The zero-order valence-corrected chi connectivity index (χ0v) is 10.9. The lowest BCUT2D eigenvalue weighted by Crippen LogP contribution is -2.07. The summed E-state index contributed by atoms with van der Waals surface area (Å²) in [6.07, 6.45) is 1.78. The minimum absolute atomic E-state index is 0.0447. The average molecular weight is 255 g/mol. The molecule has 0 saturated carbocycles. The lowest BCUT2D eigenvalue weighted by atomic mass is 10.0. The van der Waals surface area contributed by atoms with Crippen molar-refractivity contribution in [3.05, 3.63) is 29.3 Å². The lowest BCUT2D eigenvalue weighted by Gasteiger charge is -2.04. The summed E-state index contributed by atoms with van der Waals surface area (Å²) in [6.45, 7) is 1.84. The Balaban J connectivity index is 2.61. The maximum Gasteiger partial charge on any atom is 0.162 e. The number of hydrogen-bond acceptors (Lipinski definition) is 4. The molecular weight excluding hydrogens is 238 g/mol. The molecule has 0 heterocycles. The first-order chi connectivity index (χ1) is 7.79. The molecular formula is C12H17NO3S. The van der Waals surface area contributed by atoms with E-state index in [1.54, 1.807) is 18.2 Å². The average Bonchev–Trinajstić information content (AvgIpc) is 2.20. The number of carbonyl (C=O) groups excluding carboxylic acids is 1. The Morgan fingerprint density at radius 3 is 2.53 bits per heavy atom. The first-order valence-corrected chi connectivity index (χ1v) is 7.43. The van der Waals surface area contributed by atoms with Gasteiger partial charge in [0.25, 0.3) is 0 Å². The molecule has 0 aliphatic rings. The largest absolute Gasteiger partial charge is 0.399 e. The van der Waals surface area contributed by atoms with E-state index in [0.717, 1.165) is 5.56 Å². The fourth-order valence-corrected chi connectivity index (χ4v) is 2.16. The van der Waals surface area contributed by atoms with Crippen LogP contribution in [-0.4, -0.2) is 26.2 Å². The number of nitrogen functional groups attached to an aromatic ring is 1. The van der Waals surface area contributed by atoms with Crippen molar-refractivity contribution in [3.63, 3.8) is 0 Å². The van der Waals surface area contributed by atoms with Crippen molar-refractivity contribution >= 4 is 21.3 Å². The highest BCUT2D eigenvalue weighted by atomic mass is 32.2. The van der Waals surface area contributed by atoms with Gasteiger partial charge in [0.2, 0.25) is 0 Å². The van der Waals surface area contributed by atoms with Crippen LogP contribution in [0.15, 0.2) is 18.2 Å². The summed E-state index contributed by atoms with van der Waals surface area (Å²) >= 11 is 0. The molecule has 1 aromatic carbocycles. The molecule has 0 radical (unpaired) electrons. The van der Waals surface area contributed by atoms with Gasteiger partial charge < -0.3 is 5.73 Å². The Morgan fingerprint density at radius 1 is 1.35 bits per heavy atom. The van der Waals surface area contributed by atoms with Crippen LogP contribution in [0.3, 0.4) is 0 Å². The van der Waals surface area contributed by atoms with Gasteiger partial charge in [-0.1, -0.05) is 0 Å². The van der Waals surface area contributed by atoms with Crippen LogP contribution < -0.4 is 5.73 Å². The molecule has 2 N–H and O–H groups in total. The van der Waals surface area contributed by atoms with Crippen molar-refractivity contribution in [3.8, 4) is 0 Å². The van der Waals surface area contributed by atoms with Gasteiger partial charge >= 0.3 is 0 Å². The number of ketones is 1. The second-order valence-corrected chi connectivity index (χ2v) is 6.49. The first-order valence-electron chi connectivity index (χ1n) is 5.36. The van der Waals surface area contributed by atoms with Crippen molar-refractivity contribution in [2.24, 2.45) is 0 Å². The SMILES string of the molecule is Cc1cc(C(=O)CCCS(C)(=O)=O)ccc1N. The highest BCUT2D eigenvalue weighted by Crippen LogP contribution is 2.14. The maximum absolute atomic E-state index is 11.8. The van der Waals surface area contributed by atoms with Crippen LogP contribution in [0.25, 0.3) is 0 Å². The Labute approximate surface area is 102 Å². The van der Waals surface area contributed by atoms with Crippen LogP contribution in [0.1, 0.15) is 28.8 Å². The van der Waals surface area contributed by atoms with Gasteiger partial charge in [0.1, 0.15) is 9.84 Å². The predicted molar refractivity (Wildman–Crippen MR) is 68.9 cm³/mol. The smallest absolute Gasteiger partial charge is 0.162 e. The summed E-state index contributed by atoms with van der Waals surface area (Å²) in [5.41, 5.74) is 7.75. The van der Waals surface area contributed by atoms with Gasteiger partial charge in [0.05, 0.1) is 5.75 Å². The van der Waals surface area contributed by atoms with Crippen molar-refractivity contribution in [1.29, 1.82) is 0 Å². The van der Waals surface area contributed by atoms with E-state index in [2.05, 4.69) is 0 Å². The second kappa shape index (κ2) is 5.31. The number of hydrogen-bond donors (Lipinski definition) is 1. The van der Waals surface area contributed by atoms with Gasteiger partial charge in [-0.25, -0.2) is 8.42 Å². The van der Waals surface area contributed by atoms with E-state index in [9.17, 15) is 13.2 Å². The Kier molecular flexibility index (Phi) is 4.28. The molecule has 17 heavy (non-hydrogen) atoms. The van der Waals surface area contributed by atoms with E-state index in [1.165, 1.54) is 6.26 Å². The van der Waals surface area contributed by atoms with Crippen molar-refractivity contribution in [2.45, 2.75) is 19.8 Å². The number of carbonyl (C=O) groups is 1. The maximum atomic E-state index is 11.8. The number of benzene rings is 1. The standard InChI is InChI=1S/C12H17NO3S/c1-9-8-10(5-6-11(9)13)12(14)4-3-7-17(2,15)16/h5-6,8H,3-4,7,13H2,1-2H3. The van der Waals surface area contributed by atoms with Gasteiger partial charge in [-0.2, -0.15) is 0 Å². The number of nitrogens with two attached hydrogens (primary N) is 1. The Hall–Kier alpha value is -1.36. The van der Waals surface area contributed by atoms with Gasteiger partial charge in [-0.05, 0) is 37.1 Å². The molecule has 5 heteroatoms. The van der Waals surface area contributed by atoms with E-state index in [0.29, 0.717) is 17.7 Å². The van der Waals surface area contributed by atoms with E-state index in [4.69, 9.17) is 5.73 Å². The monoisotopic (exact) mass is 255 g/mol. The molecule has 1 aromatic rings. The van der Waals surface area contributed by atoms with Crippen molar-refractivity contribution < 1.29 is 13.2 Å². The summed E-state index contributed by atoms with van der Waals surface area (Å²) in [5.74, 6) is 0.00363. The van der Waals surface area contributed by atoms with Crippen LogP contribution in [0.4, 0.5) is 5.69 Å². The quantitative estimate of drug-likeness (QED) is 0.640. The van der Waals surface area contributed by atoms with Gasteiger partial charge in [-0.15, -0.1) is 0 Å². The summed E-state index contributed by atoms with van der Waals surface area (Å²) in [4.78, 5) is 11.8. The topological polar surface area (TPSA) is 77.2 Å². The van der Waals surface area contributed by atoms with E-state index in [1.807, 2.05) is 6.92 Å². The third-order valence-corrected chi connectivity index (χ3v) is 3.54. The fourth-order valence-electron chi connectivity index (χ4n) is 1.49. The zero-order valence-electron chi connectivity index (χ0n) is 10.1. The van der Waals surface area contributed by atoms with E-state index >= 15 is 0 Å². The summed E-state index contributed by atoms with van der Waals surface area (Å²) in [6, 6.07) is 5.10. The molecule has 0 aromatic heterocycles. The van der Waals surface area contributed by atoms with Crippen LogP contribution in [0, 0.1) is 6.92 Å². The first kappa shape index (κ1) is 13.7. The van der Waals surface area contributed by atoms with Crippen LogP contribution in [0.2, 0.25) is 0 Å². The number of sulfone groups is 1. The van der Waals surface area contributed by atoms with Crippen molar-refractivity contribution in [2.75, 3.05) is 17.7 Å². The van der Waals surface area contributed by atoms with E-state index in [-0.39, 0.29) is 18.0 Å². The summed E-state index contributed by atoms with van der Waals surface area (Å²) in [5, 5.41) is 0. The van der Waals surface area contributed by atoms with Gasteiger partial charge in [0, 0.05) is 23.9 Å². The lowest BCUT2D eigenvalue weighted by molar-refractivity contribution is 0.0982. The minimum Gasteiger partial charge on any atom is -0.399 e. The Bertz CT molecular complexity index is 521. The Morgan fingerprint density at radius 2 is 2.00 bits per heavy atom. The third-order valence-electron chi connectivity index (χ3n) is 2.51. The minimum atomic E-state index is -2.99. The summed E-state index contributed by atoms with van der Waals surface area (Å²) in [7, 11) is -2.99. The highest BCUT2D eigenvalue weighted by molar-refractivity contribution is 7.90. The van der Waals surface area contributed by atoms with Crippen LogP contribution >= 0.6 is 0 Å². The summed E-state index contributed by atoms with van der Waals surface area (Å²) < 4.78 is 21.8. The number of Topliss-reactive ketones (excluding diaryl/α,β-unsaturated/α-hetero) is 1. The molecule has 0 amide bonds. The van der Waals surface area contributed by atoms with Gasteiger partial charge in [0.15, 0.2) is 5.78 Å². The zero-order chi connectivity index (χ0) is 13.1. The molecule has 0 unspecified atom stereocenters. The number of aryl methyl sites for hydroxylation is 1. The van der Waals surface area contributed by atoms with Crippen LogP contribution in [-0.2, 0) is 9.84 Å². The van der Waals surface area contributed by atoms with Crippen molar-refractivity contribution in [1.82, 2.24) is 0 Å². The number of anilines is 1. The molecule has 0 bridgehead atoms. The second-order valence-electron chi connectivity index (χ2n) is 4.23.